The Labute approximate surface area is 158 Å². The van der Waals surface area contributed by atoms with Crippen LogP contribution in [0.15, 0.2) is 61.2 Å². The summed E-state index contributed by atoms with van der Waals surface area (Å²) < 4.78 is 1.73. The number of anilines is 1. The van der Waals surface area contributed by atoms with Crippen LogP contribution in [0.2, 0.25) is 0 Å². The zero-order valence-corrected chi connectivity index (χ0v) is 15.5. The van der Waals surface area contributed by atoms with Crippen LogP contribution in [0.25, 0.3) is 17.2 Å². The van der Waals surface area contributed by atoms with E-state index >= 15 is 0 Å². The third-order valence-electron chi connectivity index (χ3n) is 4.14. The number of rotatable bonds is 5. The lowest BCUT2D eigenvalue weighted by atomic mass is 9.98. The van der Waals surface area contributed by atoms with Crippen molar-refractivity contribution in [3.8, 4) is 11.1 Å². The maximum atomic E-state index is 12.2. The van der Waals surface area contributed by atoms with E-state index < -0.39 is 5.60 Å². The third kappa shape index (κ3) is 4.68. The zero-order chi connectivity index (χ0) is 19.4. The fourth-order valence-electron chi connectivity index (χ4n) is 2.67. The van der Waals surface area contributed by atoms with Crippen molar-refractivity contribution in [2.45, 2.75) is 19.4 Å². The van der Waals surface area contributed by atoms with Crippen molar-refractivity contribution in [2.75, 3.05) is 5.32 Å². The molecular formula is C21H22N4O2. The topological polar surface area (TPSA) is 80.0 Å². The van der Waals surface area contributed by atoms with Crippen LogP contribution in [0.5, 0.6) is 0 Å². The Kier molecular flexibility index (Phi) is 5.19. The number of aliphatic hydroxyl groups is 1. The Hall–Kier alpha value is -3.25. The van der Waals surface area contributed by atoms with Crippen LogP contribution in [0.3, 0.4) is 0 Å². The molecule has 2 N–H and O–H groups in total. The Morgan fingerprint density at radius 2 is 1.93 bits per heavy atom. The molecule has 138 valence electrons. The standard InChI is InChI=1S/C21H22N4O2/c1-21(2,27)17-5-7-18(8-6-17)24-20(26)9-4-15-12-22-11-10-19(15)16-13-23-25(3)14-16/h4-14,27H,1-3H3,(H,24,26). The molecular weight excluding hydrogens is 340 g/mol. The molecule has 0 aliphatic rings. The van der Waals surface area contributed by atoms with Gasteiger partial charge in [-0.25, -0.2) is 0 Å². The fourth-order valence-corrected chi connectivity index (χ4v) is 2.67. The highest BCUT2D eigenvalue weighted by atomic mass is 16.3. The highest BCUT2D eigenvalue weighted by Gasteiger charge is 2.15. The summed E-state index contributed by atoms with van der Waals surface area (Å²) >= 11 is 0. The zero-order valence-electron chi connectivity index (χ0n) is 15.5. The number of nitrogens with one attached hydrogen (secondary N) is 1. The van der Waals surface area contributed by atoms with E-state index in [1.54, 1.807) is 67.5 Å². The second kappa shape index (κ2) is 7.55. The van der Waals surface area contributed by atoms with Crippen LogP contribution in [0.1, 0.15) is 25.0 Å². The van der Waals surface area contributed by atoms with Crippen molar-refractivity contribution in [3.05, 3.63) is 72.3 Å². The van der Waals surface area contributed by atoms with Gasteiger partial charge in [-0.05, 0) is 49.2 Å². The molecule has 0 radical (unpaired) electrons. The summed E-state index contributed by atoms with van der Waals surface area (Å²) in [5.41, 5.74) is 3.28. The normalized spacial score (nSPS) is 11.7. The van der Waals surface area contributed by atoms with Gasteiger partial charge in [0, 0.05) is 48.5 Å². The lowest BCUT2D eigenvalue weighted by Gasteiger charge is -2.17. The number of benzene rings is 1. The number of amides is 1. The van der Waals surface area contributed by atoms with Gasteiger partial charge in [-0.15, -0.1) is 0 Å². The predicted octanol–water partition coefficient (Wildman–Crippen LogP) is 3.36. The summed E-state index contributed by atoms with van der Waals surface area (Å²) in [4.78, 5) is 16.4. The van der Waals surface area contributed by atoms with Gasteiger partial charge in [0.15, 0.2) is 0 Å². The molecule has 0 saturated heterocycles. The van der Waals surface area contributed by atoms with Crippen LogP contribution in [-0.2, 0) is 17.4 Å². The second-order valence-electron chi connectivity index (χ2n) is 6.82. The minimum atomic E-state index is -0.911. The molecule has 0 unspecified atom stereocenters. The molecule has 3 aromatic rings. The third-order valence-corrected chi connectivity index (χ3v) is 4.14. The van der Waals surface area contributed by atoms with Crippen molar-refractivity contribution in [1.29, 1.82) is 0 Å². The predicted molar refractivity (Wildman–Crippen MR) is 106 cm³/mol. The van der Waals surface area contributed by atoms with Crippen molar-refractivity contribution in [2.24, 2.45) is 7.05 Å². The first-order chi connectivity index (χ1) is 12.8. The molecule has 0 aliphatic heterocycles. The maximum Gasteiger partial charge on any atom is 0.248 e. The Morgan fingerprint density at radius 1 is 1.19 bits per heavy atom. The second-order valence-corrected chi connectivity index (χ2v) is 6.82. The van der Waals surface area contributed by atoms with E-state index in [2.05, 4.69) is 15.4 Å². The number of nitrogens with zero attached hydrogens (tertiary/aromatic N) is 3. The van der Waals surface area contributed by atoms with Crippen molar-refractivity contribution in [3.63, 3.8) is 0 Å². The van der Waals surface area contributed by atoms with E-state index in [-0.39, 0.29) is 5.91 Å². The molecule has 0 atom stereocenters. The number of hydrogen-bond donors (Lipinski definition) is 2. The smallest absolute Gasteiger partial charge is 0.248 e. The average molecular weight is 362 g/mol. The minimum absolute atomic E-state index is 0.244. The molecule has 2 heterocycles. The molecule has 3 rings (SSSR count). The van der Waals surface area contributed by atoms with E-state index in [1.165, 1.54) is 6.08 Å². The highest BCUT2D eigenvalue weighted by Crippen LogP contribution is 2.24. The lowest BCUT2D eigenvalue weighted by Crippen LogP contribution is -2.15. The van der Waals surface area contributed by atoms with Crippen LogP contribution >= 0.6 is 0 Å². The van der Waals surface area contributed by atoms with Gasteiger partial charge >= 0.3 is 0 Å². The summed E-state index contributed by atoms with van der Waals surface area (Å²) in [6.07, 6.45) is 10.3. The first-order valence-corrected chi connectivity index (χ1v) is 8.58. The molecule has 2 aromatic heterocycles. The number of carbonyl (C=O) groups is 1. The fraction of sp³-hybridized carbons (Fsp3) is 0.190. The van der Waals surface area contributed by atoms with Gasteiger partial charge in [-0.2, -0.15) is 5.10 Å². The van der Waals surface area contributed by atoms with Gasteiger partial charge in [0.1, 0.15) is 0 Å². The van der Waals surface area contributed by atoms with E-state index in [1.807, 2.05) is 19.3 Å². The summed E-state index contributed by atoms with van der Waals surface area (Å²) in [5, 5.41) is 17.0. The summed E-state index contributed by atoms with van der Waals surface area (Å²) in [6, 6.07) is 9.01. The van der Waals surface area contributed by atoms with E-state index in [0.29, 0.717) is 5.69 Å². The molecule has 6 nitrogen and oxygen atoms in total. The largest absolute Gasteiger partial charge is 0.386 e. The average Bonchev–Trinajstić information content (AvgIpc) is 3.06. The molecule has 0 fully saturated rings. The van der Waals surface area contributed by atoms with Gasteiger partial charge in [0.05, 0.1) is 11.8 Å². The number of pyridine rings is 1. The first-order valence-electron chi connectivity index (χ1n) is 8.58. The van der Waals surface area contributed by atoms with Crippen molar-refractivity contribution >= 4 is 17.7 Å². The van der Waals surface area contributed by atoms with Crippen LogP contribution in [0, 0.1) is 0 Å². The van der Waals surface area contributed by atoms with E-state index in [0.717, 1.165) is 22.3 Å². The number of hydrogen-bond acceptors (Lipinski definition) is 4. The van der Waals surface area contributed by atoms with Crippen LogP contribution in [0.4, 0.5) is 5.69 Å². The molecule has 1 aromatic carbocycles. The maximum absolute atomic E-state index is 12.2. The van der Waals surface area contributed by atoms with Gasteiger partial charge in [0.25, 0.3) is 0 Å². The Balaban J connectivity index is 1.72. The molecule has 27 heavy (non-hydrogen) atoms. The van der Waals surface area contributed by atoms with Gasteiger partial charge in [-0.1, -0.05) is 12.1 Å². The van der Waals surface area contributed by atoms with Crippen LogP contribution < -0.4 is 5.32 Å². The van der Waals surface area contributed by atoms with Crippen LogP contribution in [-0.4, -0.2) is 25.8 Å². The molecule has 0 aliphatic carbocycles. The molecule has 0 bridgehead atoms. The first kappa shape index (κ1) is 18.5. The van der Waals surface area contributed by atoms with Gasteiger partial charge in [0.2, 0.25) is 5.91 Å². The Morgan fingerprint density at radius 3 is 2.56 bits per heavy atom. The summed E-state index contributed by atoms with van der Waals surface area (Å²) in [5.74, 6) is -0.244. The molecule has 0 saturated carbocycles. The summed E-state index contributed by atoms with van der Waals surface area (Å²) in [6.45, 7) is 3.44. The minimum Gasteiger partial charge on any atom is -0.386 e. The quantitative estimate of drug-likeness (QED) is 0.682. The van der Waals surface area contributed by atoms with Gasteiger partial charge < -0.3 is 10.4 Å². The van der Waals surface area contributed by atoms with Crippen molar-refractivity contribution < 1.29 is 9.90 Å². The SMILES string of the molecule is Cn1cc(-c2ccncc2C=CC(=O)Nc2ccc(C(C)(C)O)cc2)cn1. The molecule has 0 spiro atoms. The molecule has 6 heteroatoms. The lowest BCUT2D eigenvalue weighted by molar-refractivity contribution is -0.111. The van der Waals surface area contributed by atoms with E-state index in [9.17, 15) is 9.90 Å². The molecule has 1 amide bonds. The number of aryl methyl sites for hydroxylation is 1. The number of carbonyl (C=O) groups excluding carboxylic acids is 1. The van der Waals surface area contributed by atoms with Crippen molar-refractivity contribution in [1.82, 2.24) is 14.8 Å². The highest BCUT2D eigenvalue weighted by molar-refractivity contribution is 6.02. The Bertz CT molecular complexity index is 966. The van der Waals surface area contributed by atoms with E-state index in [4.69, 9.17) is 0 Å². The van der Waals surface area contributed by atoms with Gasteiger partial charge in [-0.3, -0.25) is 14.5 Å². The monoisotopic (exact) mass is 362 g/mol. The summed E-state index contributed by atoms with van der Waals surface area (Å²) in [7, 11) is 1.86. The number of aromatic nitrogens is 3.